The summed E-state index contributed by atoms with van der Waals surface area (Å²) in [5, 5.41) is 12.7. The zero-order chi connectivity index (χ0) is 10.2. The SMILES string of the molecule is COCCCOCC(O)CNC1CC1. The first-order valence-electron chi connectivity index (χ1n) is 5.31. The van der Waals surface area contributed by atoms with Gasteiger partial charge in [-0.15, -0.1) is 0 Å². The standard InChI is InChI=1S/C10H21NO3/c1-13-5-2-6-14-8-10(12)7-11-9-3-4-9/h9-12H,2-8H2,1H3. The minimum absolute atomic E-state index is 0.377. The van der Waals surface area contributed by atoms with Crippen molar-refractivity contribution in [3.8, 4) is 0 Å². The van der Waals surface area contributed by atoms with E-state index >= 15 is 0 Å². The summed E-state index contributed by atoms with van der Waals surface area (Å²) in [4.78, 5) is 0. The number of nitrogens with one attached hydrogen (secondary N) is 1. The monoisotopic (exact) mass is 203 g/mol. The molecule has 2 N–H and O–H groups in total. The Morgan fingerprint density at radius 3 is 2.86 bits per heavy atom. The first-order chi connectivity index (χ1) is 6.83. The normalized spacial score (nSPS) is 18.4. The van der Waals surface area contributed by atoms with Crippen molar-refractivity contribution < 1.29 is 14.6 Å². The van der Waals surface area contributed by atoms with Crippen LogP contribution < -0.4 is 5.32 Å². The van der Waals surface area contributed by atoms with Crippen molar-refractivity contribution in [3.05, 3.63) is 0 Å². The van der Waals surface area contributed by atoms with Gasteiger partial charge in [-0.3, -0.25) is 0 Å². The summed E-state index contributed by atoms with van der Waals surface area (Å²) in [6, 6.07) is 0.651. The molecule has 1 fully saturated rings. The Labute approximate surface area is 85.6 Å². The summed E-state index contributed by atoms with van der Waals surface area (Å²) >= 11 is 0. The first kappa shape index (κ1) is 11.9. The van der Waals surface area contributed by atoms with E-state index in [0.717, 1.165) is 13.0 Å². The van der Waals surface area contributed by atoms with E-state index in [-0.39, 0.29) is 6.10 Å². The van der Waals surface area contributed by atoms with Crippen molar-refractivity contribution in [2.45, 2.75) is 31.4 Å². The third-order valence-corrected chi connectivity index (χ3v) is 2.17. The number of aliphatic hydroxyl groups excluding tert-OH is 1. The van der Waals surface area contributed by atoms with Crippen LogP contribution >= 0.6 is 0 Å². The van der Waals surface area contributed by atoms with E-state index in [1.54, 1.807) is 7.11 Å². The fraction of sp³-hybridized carbons (Fsp3) is 1.00. The van der Waals surface area contributed by atoms with Crippen molar-refractivity contribution in [1.29, 1.82) is 0 Å². The molecule has 1 rings (SSSR count). The molecule has 0 amide bonds. The van der Waals surface area contributed by atoms with Gasteiger partial charge in [0.1, 0.15) is 0 Å². The van der Waals surface area contributed by atoms with Gasteiger partial charge in [0, 0.05) is 32.9 Å². The number of hydrogen-bond donors (Lipinski definition) is 2. The summed E-state index contributed by atoms with van der Waals surface area (Å²) < 4.78 is 10.2. The number of methoxy groups -OCH3 is 1. The molecule has 0 aromatic carbocycles. The molecule has 84 valence electrons. The van der Waals surface area contributed by atoms with Crippen molar-refractivity contribution in [1.82, 2.24) is 5.32 Å². The van der Waals surface area contributed by atoms with Crippen LogP contribution in [-0.4, -0.2) is 50.7 Å². The van der Waals surface area contributed by atoms with Gasteiger partial charge in [-0.1, -0.05) is 0 Å². The second-order valence-electron chi connectivity index (χ2n) is 3.76. The lowest BCUT2D eigenvalue weighted by molar-refractivity contribution is 0.0288. The largest absolute Gasteiger partial charge is 0.389 e. The molecule has 1 saturated carbocycles. The number of rotatable bonds is 9. The molecule has 1 atom stereocenters. The van der Waals surface area contributed by atoms with Gasteiger partial charge in [0.05, 0.1) is 12.7 Å². The van der Waals surface area contributed by atoms with Crippen LogP contribution in [0.4, 0.5) is 0 Å². The van der Waals surface area contributed by atoms with Crippen LogP contribution in [0.5, 0.6) is 0 Å². The second kappa shape index (κ2) is 7.17. The molecule has 1 unspecified atom stereocenters. The van der Waals surface area contributed by atoms with Gasteiger partial charge in [0.25, 0.3) is 0 Å². The topological polar surface area (TPSA) is 50.7 Å². The van der Waals surface area contributed by atoms with Crippen LogP contribution in [0.15, 0.2) is 0 Å². The van der Waals surface area contributed by atoms with Crippen molar-refractivity contribution in [2.24, 2.45) is 0 Å². The zero-order valence-corrected chi connectivity index (χ0v) is 8.87. The summed E-state index contributed by atoms with van der Waals surface area (Å²) in [5.74, 6) is 0. The van der Waals surface area contributed by atoms with E-state index in [1.165, 1.54) is 12.8 Å². The lowest BCUT2D eigenvalue weighted by atomic mass is 10.3. The Bertz CT molecular complexity index is 139. The smallest absolute Gasteiger partial charge is 0.0897 e. The van der Waals surface area contributed by atoms with Crippen LogP contribution in [0, 0.1) is 0 Å². The summed E-state index contributed by atoms with van der Waals surface area (Å²) in [6.07, 6.45) is 3.01. The molecule has 1 aliphatic rings. The molecule has 0 heterocycles. The second-order valence-corrected chi connectivity index (χ2v) is 3.76. The Morgan fingerprint density at radius 1 is 1.43 bits per heavy atom. The maximum absolute atomic E-state index is 9.46. The predicted octanol–water partition coefficient (Wildman–Crippen LogP) is 0.152. The third-order valence-electron chi connectivity index (χ3n) is 2.17. The minimum Gasteiger partial charge on any atom is -0.389 e. The summed E-state index contributed by atoms with van der Waals surface area (Å²) in [7, 11) is 1.68. The molecule has 0 bridgehead atoms. The maximum atomic E-state index is 9.46. The van der Waals surface area contributed by atoms with Crippen molar-refractivity contribution in [3.63, 3.8) is 0 Å². The summed E-state index contributed by atoms with van der Waals surface area (Å²) in [5.41, 5.74) is 0. The van der Waals surface area contributed by atoms with Gasteiger partial charge in [0.2, 0.25) is 0 Å². The van der Waals surface area contributed by atoms with Gasteiger partial charge < -0.3 is 19.9 Å². The highest BCUT2D eigenvalue weighted by Gasteiger charge is 2.21. The maximum Gasteiger partial charge on any atom is 0.0897 e. The highest BCUT2D eigenvalue weighted by Crippen LogP contribution is 2.18. The van der Waals surface area contributed by atoms with Gasteiger partial charge >= 0.3 is 0 Å². The molecule has 0 radical (unpaired) electrons. The number of hydrogen-bond acceptors (Lipinski definition) is 4. The van der Waals surface area contributed by atoms with Gasteiger partial charge in [-0.25, -0.2) is 0 Å². The molecular weight excluding hydrogens is 182 g/mol. The van der Waals surface area contributed by atoms with E-state index in [1.807, 2.05) is 0 Å². The fourth-order valence-electron chi connectivity index (χ4n) is 1.17. The van der Waals surface area contributed by atoms with Crippen LogP contribution in [0.25, 0.3) is 0 Å². The quantitative estimate of drug-likeness (QED) is 0.524. The molecule has 0 saturated heterocycles. The molecule has 0 aromatic heterocycles. The molecule has 0 aromatic rings. The molecule has 0 spiro atoms. The fourth-order valence-corrected chi connectivity index (χ4v) is 1.17. The highest BCUT2D eigenvalue weighted by atomic mass is 16.5. The predicted molar refractivity (Wildman–Crippen MR) is 54.3 cm³/mol. The molecular formula is C10H21NO3. The lowest BCUT2D eigenvalue weighted by Gasteiger charge is -2.11. The summed E-state index contributed by atoms with van der Waals surface area (Å²) in [6.45, 7) is 2.45. The third kappa shape index (κ3) is 6.32. The lowest BCUT2D eigenvalue weighted by Crippen LogP contribution is -2.31. The zero-order valence-electron chi connectivity index (χ0n) is 8.87. The van der Waals surface area contributed by atoms with Gasteiger partial charge in [0.15, 0.2) is 0 Å². The molecule has 0 aliphatic heterocycles. The Balaban J connectivity index is 1.79. The van der Waals surface area contributed by atoms with Crippen molar-refractivity contribution in [2.75, 3.05) is 33.5 Å². The van der Waals surface area contributed by atoms with E-state index in [2.05, 4.69) is 5.32 Å². The van der Waals surface area contributed by atoms with E-state index < -0.39 is 0 Å². The average molecular weight is 203 g/mol. The number of aliphatic hydroxyl groups is 1. The van der Waals surface area contributed by atoms with E-state index in [9.17, 15) is 5.11 Å². The average Bonchev–Trinajstić information content (AvgIpc) is 2.98. The van der Waals surface area contributed by atoms with Gasteiger partial charge in [-0.2, -0.15) is 0 Å². The van der Waals surface area contributed by atoms with Crippen LogP contribution in [-0.2, 0) is 9.47 Å². The molecule has 4 nitrogen and oxygen atoms in total. The van der Waals surface area contributed by atoms with Crippen molar-refractivity contribution >= 4 is 0 Å². The number of ether oxygens (including phenoxy) is 2. The Hall–Kier alpha value is -0.160. The Morgan fingerprint density at radius 2 is 2.21 bits per heavy atom. The van der Waals surface area contributed by atoms with Crippen LogP contribution in [0.1, 0.15) is 19.3 Å². The molecule has 14 heavy (non-hydrogen) atoms. The van der Waals surface area contributed by atoms with Crippen LogP contribution in [0.3, 0.4) is 0 Å². The van der Waals surface area contributed by atoms with E-state index in [0.29, 0.717) is 25.8 Å². The van der Waals surface area contributed by atoms with Gasteiger partial charge in [-0.05, 0) is 19.3 Å². The van der Waals surface area contributed by atoms with Crippen LogP contribution in [0.2, 0.25) is 0 Å². The van der Waals surface area contributed by atoms with E-state index in [4.69, 9.17) is 9.47 Å². The first-order valence-corrected chi connectivity index (χ1v) is 5.31. The molecule has 1 aliphatic carbocycles. The Kier molecular flexibility index (Phi) is 6.10. The molecule has 4 heteroatoms. The highest BCUT2D eigenvalue weighted by molar-refractivity contribution is 4.81. The minimum atomic E-state index is -0.377.